The predicted molar refractivity (Wildman–Crippen MR) is 80.3 cm³/mol. The fraction of sp³-hybridized carbons (Fsp3) is 0.188. The molecule has 0 bridgehead atoms. The van der Waals surface area contributed by atoms with Gasteiger partial charge in [0.1, 0.15) is 0 Å². The van der Waals surface area contributed by atoms with Gasteiger partial charge in [-0.3, -0.25) is 19.5 Å². The van der Waals surface area contributed by atoms with Crippen molar-refractivity contribution >= 4 is 11.6 Å². The average molecular weight is 284 g/mol. The molecule has 0 N–H and O–H groups in total. The predicted octanol–water partition coefficient (Wildman–Crippen LogP) is 3.79. The van der Waals surface area contributed by atoms with E-state index in [4.69, 9.17) is 0 Å². The van der Waals surface area contributed by atoms with Crippen LogP contribution in [0.25, 0.3) is 0 Å². The molecule has 1 heterocycles. The summed E-state index contributed by atoms with van der Waals surface area (Å²) in [6, 6.07) is 9.93. The minimum atomic E-state index is -0.433. The van der Waals surface area contributed by atoms with Crippen molar-refractivity contribution in [2.45, 2.75) is 18.8 Å². The third-order valence-electron chi connectivity index (χ3n) is 3.34. The van der Waals surface area contributed by atoms with E-state index in [1.807, 2.05) is 0 Å². The Morgan fingerprint density at radius 1 is 1.29 bits per heavy atom. The van der Waals surface area contributed by atoms with Gasteiger partial charge in [0.05, 0.1) is 4.92 Å². The monoisotopic (exact) mass is 284 g/mol. The van der Waals surface area contributed by atoms with Crippen molar-refractivity contribution in [3.05, 3.63) is 77.1 Å². The third-order valence-corrected chi connectivity index (χ3v) is 3.34. The molecule has 5 heteroatoms. The molecule has 1 aromatic carbocycles. The Morgan fingerprint density at radius 3 is 2.43 bits per heavy atom. The molecule has 0 saturated heterocycles. The summed E-state index contributed by atoms with van der Waals surface area (Å²) in [7, 11) is 0. The topological polar surface area (TPSA) is 65.1 Å². The Bertz CT molecular complexity index is 630. The summed E-state index contributed by atoms with van der Waals surface area (Å²) in [5.41, 5.74) is 0.953. The van der Waals surface area contributed by atoms with E-state index in [-0.39, 0.29) is 17.5 Å². The van der Waals surface area contributed by atoms with Crippen LogP contribution in [0, 0.1) is 10.1 Å². The fourth-order valence-electron chi connectivity index (χ4n) is 2.22. The molecule has 0 amide bonds. The van der Waals surface area contributed by atoms with Crippen LogP contribution in [0.1, 0.15) is 29.1 Å². The second-order valence-corrected chi connectivity index (χ2v) is 4.76. The molecule has 0 radical (unpaired) electrons. The number of non-ortho nitro benzene ring substituents is 1. The van der Waals surface area contributed by atoms with E-state index in [1.165, 1.54) is 12.1 Å². The molecule has 0 spiro atoms. The quantitative estimate of drug-likeness (QED) is 0.460. The maximum atomic E-state index is 12.2. The normalized spacial score (nSPS) is 11.8. The zero-order valence-corrected chi connectivity index (χ0v) is 11.5. The molecule has 0 aliphatic rings. The molecular formula is C16H16N2O3. The second kappa shape index (κ2) is 6.65. The Hall–Kier alpha value is -2.69. The molecule has 5 nitrogen and oxygen atoms in total. The molecule has 1 atom stereocenters. The Balaban J connectivity index is 2.16. The number of nitro groups is 1. The van der Waals surface area contributed by atoms with Crippen molar-refractivity contribution in [3.8, 4) is 0 Å². The van der Waals surface area contributed by atoms with E-state index in [1.54, 1.807) is 47.3 Å². The van der Waals surface area contributed by atoms with E-state index in [9.17, 15) is 14.9 Å². The first kappa shape index (κ1) is 14.7. The number of benzene rings is 1. The van der Waals surface area contributed by atoms with Crippen LogP contribution in [-0.4, -0.2) is 15.4 Å². The number of allylic oxidation sites excluding steroid dienone is 1. The number of nitro benzene ring substituents is 1. The van der Waals surface area contributed by atoms with Gasteiger partial charge in [-0.2, -0.15) is 0 Å². The van der Waals surface area contributed by atoms with Crippen molar-refractivity contribution in [3.63, 3.8) is 0 Å². The first-order valence-electron chi connectivity index (χ1n) is 6.63. The van der Waals surface area contributed by atoms with Gasteiger partial charge in [-0.1, -0.05) is 18.2 Å². The van der Waals surface area contributed by atoms with E-state index in [0.29, 0.717) is 12.8 Å². The van der Waals surface area contributed by atoms with Gasteiger partial charge < -0.3 is 0 Å². The van der Waals surface area contributed by atoms with Crippen LogP contribution < -0.4 is 0 Å². The highest BCUT2D eigenvalue weighted by Crippen LogP contribution is 2.26. The molecule has 0 fully saturated rings. The lowest BCUT2D eigenvalue weighted by atomic mass is 9.92. The molecule has 1 unspecified atom stereocenters. The van der Waals surface area contributed by atoms with E-state index in [2.05, 4.69) is 6.58 Å². The number of hydrogen-bond acceptors (Lipinski definition) is 3. The van der Waals surface area contributed by atoms with Crippen molar-refractivity contribution in [1.29, 1.82) is 0 Å². The molecular weight excluding hydrogens is 268 g/mol. The van der Waals surface area contributed by atoms with Gasteiger partial charge in [-0.25, -0.2) is 0 Å². The summed E-state index contributed by atoms with van der Waals surface area (Å²) in [4.78, 5) is 22.4. The number of hydrogen-bond donors (Lipinski definition) is 0. The molecule has 2 rings (SSSR count). The van der Waals surface area contributed by atoms with Crippen LogP contribution in [0.15, 0.2) is 61.4 Å². The van der Waals surface area contributed by atoms with E-state index >= 15 is 0 Å². The highest BCUT2D eigenvalue weighted by Gasteiger charge is 2.17. The van der Waals surface area contributed by atoms with Gasteiger partial charge in [0, 0.05) is 30.9 Å². The van der Waals surface area contributed by atoms with Crippen LogP contribution in [0.5, 0.6) is 0 Å². The standard InChI is InChI=1S/C16H16N2O3/c1-2-5-14(12-16(19)17-10-3-4-11-17)13-6-8-15(9-7-13)18(20)21/h2-4,6-11,14H,1,5,12H2. The van der Waals surface area contributed by atoms with Gasteiger partial charge in [-0.05, 0) is 30.0 Å². The van der Waals surface area contributed by atoms with Crippen LogP contribution in [-0.2, 0) is 0 Å². The zero-order valence-electron chi connectivity index (χ0n) is 11.5. The minimum absolute atomic E-state index is 0.00907. The fourth-order valence-corrected chi connectivity index (χ4v) is 2.22. The SMILES string of the molecule is C=CCC(CC(=O)n1cccc1)c1ccc([N+](=O)[O-])cc1. The Labute approximate surface area is 122 Å². The second-order valence-electron chi connectivity index (χ2n) is 4.76. The van der Waals surface area contributed by atoms with E-state index in [0.717, 1.165) is 5.56 Å². The van der Waals surface area contributed by atoms with Crippen LogP contribution in [0.2, 0.25) is 0 Å². The molecule has 0 aliphatic carbocycles. The number of nitrogens with zero attached hydrogens (tertiary/aromatic N) is 2. The average Bonchev–Trinajstić information content (AvgIpc) is 3.01. The highest BCUT2D eigenvalue weighted by molar-refractivity contribution is 5.79. The van der Waals surface area contributed by atoms with Crippen LogP contribution in [0.4, 0.5) is 5.69 Å². The summed E-state index contributed by atoms with van der Waals surface area (Å²) >= 11 is 0. The Kier molecular flexibility index (Phi) is 4.66. The lowest BCUT2D eigenvalue weighted by molar-refractivity contribution is -0.384. The summed E-state index contributed by atoms with van der Waals surface area (Å²) in [5.74, 6) is -0.0385. The van der Waals surface area contributed by atoms with Crippen LogP contribution >= 0.6 is 0 Å². The number of carbonyl (C=O) groups is 1. The minimum Gasteiger partial charge on any atom is -0.295 e. The highest BCUT2D eigenvalue weighted by atomic mass is 16.6. The maximum Gasteiger partial charge on any atom is 0.269 e. The number of rotatable bonds is 6. The summed E-state index contributed by atoms with van der Waals surface area (Å²) in [6.45, 7) is 3.72. The van der Waals surface area contributed by atoms with Crippen LogP contribution in [0.3, 0.4) is 0 Å². The first-order chi connectivity index (χ1) is 10.1. The third kappa shape index (κ3) is 3.66. The molecule has 1 aromatic heterocycles. The molecule has 108 valence electrons. The van der Waals surface area contributed by atoms with Gasteiger partial charge in [0.15, 0.2) is 0 Å². The van der Waals surface area contributed by atoms with E-state index < -0.39 is 4.92 Å². The number of carbonyl (C=O) groups excluding carboxylic acids is 1. The lowest BCUT2D eigenvalue weighted by Crippen LogP contribution is -2.13. The van der Waals surface area contributed by atoms with Crippen molar-refractivity contribution < 1.29 is 9.72 Å². The van der Waals surface area contributed by atoms with Gasteiger partial charge in [-0.15, -0.1) is 6.58 Å². The van der Waals surface area contributed by atoms with Crippen molar-refractivity contribution in [1.82, 2.24) is 4.57 Å². The van der Waals surface area contributed by atoms with Gasteiger partial charge >= 0.3 is 0 Å². The zero-order chi connectivity index (χ0) is 15.2. The van der Waals surface area contributed by atoms with Crippen molar-refractivity contribution in [2.75, 3.05) is 0 Å². The lowest BCUT2D eigenvalue weighted by Gasteiger charge is -2.15. The van der Waals surface area contributed by atoms with Gasteiger partial charge in [0.2, 0.25) is 5.91 Å². The molecule has 2 aromatic rings. The summed E-state index contributed by atoms with van der Waals surface area (Å²) < 4.78 is 1.54. The molecule has 0 aliphatic heterocycles. The maximum absolute atomic E-state index is 12.2. The smallest absolute Gasteiger partial charge is 0.269 e. The van der Waals surface area contributed by atoms with Gasteiger partial charge in [0.25, 0.3) is 5.69 Å². The number of aromatic nitrogens is 1. The van der Waals surface area contributed by atoms with Crippen molar-refractivity contribution in [2.24, 2.45) is 0 Å². The first-order valence-corrected chi connectivity index (χ1v) is 6.63. The summed E-state index contributed by atoms with van der Waals surface area (Å²) in [5, 5.41) is 10.7. The summed E-state index contributed by atoms with van der Waals surface area (Å²) in [6.07, 6.45) is 6.16. The molecule has 0 saturated carbocycles. The Morgan fingerprint density at radius 2 is 1.90 bits per heavy atom. The molecule has 21 heavy (non-hydrogen) atoms. The largest absolute Gasteiger partial charge is 0.295 e.